The van der Waals surface area contributed by atoms with Gasteiger partial charge in [0.15, 0.2) is 0 Å². The molecule has 1 heterocycles. The zero-order valence-electron chi connectivity index (χ0n) is 9.40. The molecule has 1 aromatic heterocycles. The third kappa shape index (κ3) is 1.60. The van der Waals surface area contributed by atoms with E-state index < -0.39 is 5.91 Å². The van der Waals surface area contributed by atoms with Crippen molar-refractivity contribution in [2.24, 2.45) is 5.73 Å². The molecule has 16 heavy (non-hydrogen) atoms. The Bertz CT molecular complexity index is 526. The molecule has 2 rings (SSSR count). The van der Waals surface area contributed by atoms with Crippen LogP contribution >= 0.6 is 0 Å². The monoisotopic (exact) mass is 214 g/mol. The smallest absolute Gasteiger partial charge is 0.265 e. The summed E-state index contributed by atoms with van der Waals surface area (Å²) in [6.07, 6.45) is 0. The highest BCUT2D eigenvalue weighted by Gasteiger charge is 2.14. The molecule has 0 aliphatic carbocycles. The molecular formula is C13H14N2O. The van der Waals surface area contributed by atoms with Crippen molar-refractivity contribution in [1.82, 2.24) is 4.57 Å². The van der Waals surface area contributed by atoms with Crippen molar-refractivity contribution in [2.75, 3.05) is 0 Å². The van der Waals surface area contributed by atoms with E-state index in [1.165, 1.54) is 0 Å². The predicted octanol–water partition coefficient (Wildman–Crippen LogP) is 2.19. The van der Waals surface area contributed by atoms with E-state index in [1.54, 1.807) is 0 Å². The van der Waals surface area contributed by atoms with Crippen molar-refractivity contribution < 1.29 is 4.79 Å². The van der Waals surface area contributed by atoms with Gasteiger partial charge in [0.25, 0.3) is 5.91 Å². The Morgan fingerprint density at radius 1 is 1.19 bits per heavy atom. The summed E-state index contributed by atoms with van der Waals surface area (Å²) in [5, 5.41) is 0. The van der Waals surface area contributed by atoms with Crippen LogP contribution in [0.15, 0.2) is 36.4 Å². The van der Waals surface area contributed by atoms with Gasteiger partial charge in [0.2, 0.25) is 0 Å². The summed E-state index contributed by atoms with van der Waals surface area (Å²) in [5.41, 5.74) is 8.97. The number of primary amides is 1. The molecule has 3 heteroatoms. The summed E-state index contributed by atoms with van der Waals surface area (Å²) >= 11 is 0. The number of hydrogen-bond donors (Lipinski definition) is 1. The van der Waals surface area contributed by atoms with Gasteiger partial charge >= 0.3 is 0 Å². The number of aryl methyl sites for hydroxylation is 1. The number of carbonyl (C=O) groups is 1. The highest BCUT2D eigenvalue weighted by molar-refractivity contribution is 5.92. The molecule has 0 saturated heterocycles. The summed E-state index contributed by atoms with van der Waals surface area (Å²) in [6, 6.07) is 11.6. The van der Waals surface area contributed by atoms with Crippen molar-refractivity contribution in [3.63, 3.8) is 0 Å². The summed E-state index contributed by atoms with van der Waals surface area (Å²) < 4.78 is 1.89. The normalized spacial score (nSPS) is 10.4. The Balaban J connectivity index is 2.68. The first kappa shape index (κ1) is 10.5. The quantitative estimate of drug-likeness (QED) is 0.818. The first-order valence-electron chi connectivity index (χ1n) is 5.15. The van der Waals surface area contributed by atoms with E-state index in [0.29, 0.717) is 5.69 Å². The summed E-state index contributed by atoms with van der Waals surface area (Å²) in [5.74, 6) is -0.403. The third-order valence-electron chi connectivity index (χ3n) is 2.77. The number of nitrogens with zero attached hydrogens (tertiary/aromatic N) is 1. The second-order valence-electron chi connectivity index (χ2n) is 3.83. The zero-order chi connectivity index (χ0) is 11.7. The Morgan fingerprint density at radius 3 is 2.38 bits per heavy atom. The lowest BCUT2D eigenvalue weighted by atomic mass is 10.3. The average Bonchev–Trinajstić information content (AvgIpc) is 2.57. The third-order valence-corrected chi connectivity index (χ3v) is 2.77. The number of amides is 1. The van der Waals surface area contributed by atoms with E-state index >= 15 is 0 Å². The SMILES string of the molecule is Cc1cc(C(N)=O)n(-c2ccccc2)c1C. The van der Waals surface area contributed by atoms with Crippen LogP contribution in [0.1, 0.15) is 21.7 Å². The van der Waals surface area contributed by atoms with Crippen molar-refractivity contribution >= 4 is 5.91 Å². The zero-order valence-corrected chi connectivity index (χ0v) is 9.40. The Labute approximate surface area is 94.5 Å². The molecule has 82 valence electrons. The van der Waals surface area contributed by atoms with E-state index in [2.05, 4.69) is 0 Å². The summed E-state index contributed by atoms with van der Waals surface area (Å²) in [6.45, 7) is 3.95. The summed E-state index contributed by atoms with van der Waals surface area (Å²) in [4.78, 5) is 11.4. The molecule has 0 spiro atoms. The Morgan fingerprint density at radius 2 is 1.81 bits per heavy atom. The molecule has 1 aromatic carbocycles. The molecule has 0 aliphatic heterocycles. The van der Waals surface area contributed by atoms with Crippen molar-refractivity contribution in [1.29, 1.82) is 0 Å². The van der Waals surface area contributed by atoms with Gasteiger partial charge in [0, 0.05) is 11.4 Å². The summed E-state index contributed by atoms with van der Waals surface area (Å²) in [7, 11) is 0. The van der Waals surface area contributed by atoms with Gasteiger partial charge in [-0.25, -0.2) is 0 Å². The van der Waals surface area contributed by atoms with Gasteiger partial charge in [-0.05, 0) is 37.6 Å². The fourth-order valence-corrected chi connectivity index (χ4v) is 1.82. The highest BCUT2D eigenvalue weighted by Crippen LogP contribution is 2.19. The van der Waals surface area contributed by atoms with Crippen LogP contribution in [0.4, 0.5) is 0 Å². The number of rotatable bonds is 2. The molecule has 0 fully saturated rings. The molecule has 2 aromatic rings. The maximum Gasteiger partial charge on any atom is 0.265 e. The molecule has 0 unspecified atom stereocenters. The van der Waals surface area contributed by atoms with Crippen LogP contribution in [0, 0.1) is 13.8 Å². The molecular weight excluding hydrogens is 200 g/mol. The number of benzene rings is 1. The van der Waals surface area contributed by atoms with Crippen LogP contribution < -0.4 is 5.73 Å². The lowest BCUT2D eigenvalue weighted by molar-refractivity contribution is 0.0993. The van der Waals surface area contributed by atoms with Crippen LogP contribution in [0.25, 0.3) is 5.69 Å². The van der Waals surface area contributed by atoms with Gasteiger partial charge in [-0.15, -0.1) is 0 Å². The molecule has 3 nitrogen and oxygen atoms in total. The van der Waals surface area contributed by atoms with Crippen LogP contribution in [-0.2, 0) is 0 Å². The second kappa shape index (κ2) is 3.85. The lowest BCUT2D eigenvalue weighted by Crippen LogP contribution is -2.16. The Kier molecular flexibility index (Phi) is 2.52. The van der Waals surface area contributed by atoms with Crippen LogP contribution in [0.3, 0.4) is 0 Å². The molecule has 0 aliphatic rings. The van der Waals surface area contributed by atoms with Gasteiger partial charge in [0.05, 0.1) is 0 Å². The van der Waals surface area contributed by atoms with E-state index in [9.17, 15) is 4.79 Å². The first-order chi connectivity index (χ1) is 7.61. The Hall–Kier alpha value is -2.03. The molecule has 2 N–H and O–H groups in total. The number of nitrogens with two attached hydrogens (primary N) is 1. The predicted molar refractivity (Wildman–Crippen MR) is 63.8 cm³/mol. The first-order valence-corrected chi connectivity index (χ1v) is 5.15. The van der Waals surface area contributed by atoms with Crippen LogP contribution in [0.2, 0.25) is 0 Å². The second-order valence-corrected chi connectivity index (χ2v) is 3.83. The fraction of sp³-hybridized carbons (Fsp3) is 0.154. The minimum atomic E-state index is -0.403. The molecule has 0 atom stereocenters. The maximum atomic E-state index is 11.4. The molecule has 0 radical (unpaired) electrons. The highest BCUT2D eigenvalue weighted by atomic mass is 16.1. The molecule has 0 saturated carbocycles. The van der Waals surface area contributed by atoms with Gasteiger partial charge in [-0.3, -0.25) is 4.79 Å². The van der Waals surface area contributed by atoms with Gasteiger partial charge in [-0.2, -0.15) is 0 Å². The van der Waals surface area contributed by atoms with Gasteiger partial charge < -0.3 is 10.3 Å². The number of aromatic nitrogens is 1. The van der Waals surface area contributed by atoms with E-state index in [0.717, 1.165) is 16.9 Å². The van der Waals surface area contributed by atoms with Crippen molar-refractivity contribution in [2.45, 2.75) is 13.8 Å². The number of carbonyl (C=O) groups excluding carboxylic acids is 1. The number of hydrogen-bond acceptors (Lipinski definition) is 1. The van der Waals surface area contributed by atoms with E-state index in [-0.39, 0.29) is 0 Å². The van der Waals surface area contributed by atoms with Gasteiger partial charge in [-0.1, -0.05) is 18.2 Å². The van der Waals surface area contributed by atoms with Crippen LogP contribution in [0.5, 0.6) is 0 Å². The van der Waals surface area contributed by atoms with E-state index in [1.807, 2.05) is 54.8 Å². The largest absolute Gasteiger partial charge is 0.364 e. The number of para-hydroxylation sites is 1. The molecule has 0 bridgehead atoms. The standard InChI is InChI=1S/C13H14N2O/c1-9-8-12(13(14)16)15(10(9)2)11-6-4-3-5-7-11/h3-8H,1-2H3,(H2,14,16). The maximum absolute atomic E-state index is 11.4. The van der Waals surface area contributed by atoms with Crippen LogP contribution in [-0.4, -0.2) is 10.5 Å². The minimum Gasteiger partial charge on any atom is -0.364 e. The minimum absolute atomic E-state index is 0.403. The van der Waals surface area contributed by atoms with E-state index in [4.69, 9.17) is 5.73 Å². The van der Waals surface area contributed by atoms with Crippen molar-refractivity contribution in [3.8, 4) is 5.69 Å². The lowest BCUT2D eigenvalue weighted by Gasteiger charge is -2.09. The fourth-order valence-electron chi connectivity index (χ4n) is 1.82. The van der Waals surface area contributed by atoms with Crippen molar-refractivity contribution in [3.05, 3.63) is 53.3 Å². The average molecular weight is 214 g/mol. The topological polar surface area (TPSA) is 48.0 Å². The molecule has 1 amide bonds. The van der Waals surface area contributed by atoms with Gasteiger partial charge in [0.1, 0.15) is 5.69 Å².